The van der Waals surface area contributed by atoms with Gasteiger partial charge in [0.1, 0.15) is 5.69 Å². The second kappa shape index (κ2) is 5.05. The van der Waals surface area contributed by atoms with Crippen LogP contribution in [0.4, 0.5) is 13.2 Å². The zero-order chi connectivity index (χ0) is 16.9. The largest absolute Gasteiger partial charge is 0.431 e. The molecule has 0 saturated carbocycles. The Bertz CT molecular complexity index is 1030. The number of aromatic amines is 1. The highest BCUT2D eigenvalue weighted by atomic mass is 32.1. The van der Waals surface area contributed by atoms with E-state index in [2.05, 4.69) is 4.37 Å². The van der Waals surface area contributed by atoms with E-state index in [1.807, 2.05) is 0 Å². The summed E-state index contributed by atoms with van der Waals surface area (Å²) < 4.78 is 44.2. The summed E-state index contributed by atoms with van der Waals surface area (Å²) in [6.07, 6.45) is -4.79. The van der Waals surface area contributed by atoms with Crippen LogP contribution in [0.5, 0.6) is 0 Å². The number of alkyl halides is 3. The van der Waals surface area contributed by atoms with Crippen LogP contribution in [0.3, 0.4) is 0 Å². The molecule has 0 fully saturated rings. The van der Waals surface area contributed by atoms with Crippen LogP contribution in [0.1, 0.15) is 17.0 Å². The molecule has 1 N–H and O–H groups in total. The second-order valence-corrected chi connectivity index (χ2v) is 5.82. The van der Waals surface area contributed by atoms with Gasteiger partial charge >= 0.3 is 11.9 Å². The van der Waals surface area contributed by atoms with Crippen LogP contribution in [-0.2, 0) is 6.18 Å². The number of aromatic nitrogens is 3. The Balaban J connectivity index is 2.31. The first kappa shape index (κ1) is 15.5. The summed E-state index contributed by atoms with van der Waals surface area (Å²) in [6.45, 7) is 2.81. The molecule has 0 aliphatic heterocycles. The van der Waals surface area contributed by atoms with Crippen LogP contribution in [0, 0.1) is 13.8 Å². The number of H-pyrrole nitrogens is 1. The minimum Gasteiger partial charge on any atom is -0.302 e. The predicted molar refractivity (Wildman–Crippen MR) is 80.3 cm³/mol. The minimum atomic E-state index is -4.79. The van der Waals surface area contributed by atoms with Crippen molar-refractivity contribution >= 4 is 21.6 Å². The number of hydrogen-bond donors (Lipinski definition) is 1. The Morgan fingerprint density at radius 1 is 1.22 bits per heavy atom. The topological polar surface area (TPSA) is 67.8 Å². The van der Waals surface area contributed by atoms with Crippen LogP contribution in [0.25, 0.3) is 15.8 Å². The molecule has 2 aromatic heterocycles. The van der Waals surface area contributed by atoms with E-state index in [1.165, 1.54) is 17.6 Å². The maximum atomic E-state index is 12.8. The summed E-state index contributed by atoms with van der Waals surface area (Å²) in [5.41, 5.74) is -3.09. The molecule has 23 heavy (non-hydrogen) atoms. The Hall–Kier alpha value is -2.42. The van der Waals surface area contributed by atoms with Crippen molar-refractivity contribution in [1.29, 1.82) is 0 Å². The van der Waals surface area contributed by atoms with Gasteiger partial charge < -0.3 is 4.98 Å². The van der Waals surface area contributed by atoms with Gasteiger partial charge in [-0.3, -0.25) is 4.79 Å². The Labute approximate surface area is 131 Å². The number of aryl methyl sites for hydroxylation is 1. The fraction of sp³-hybridized carbons (Fsp3) is 0.214. The normalized spacial score (nSPS) is 12.0. The lowest BCUT2D eigenvalue weighted by Crippen LogP contribution is -2.38. The lowest BCUT2D eigenvalue weighted by Gasteiger charge is -2.12. The molecule has 120 valence electrons. The molecule has 1 aromatic carbocycles. The average Bonchev–Trinajstić information content (AvgIpc) is 2.83. The lowest BCUT2D eigenvalue weighted by molar-refractivity contribution is -0.142. The highest BCUT2D eigenvalue weighted by molar-refractivity contribution is 7.13. The molecule has 0 bridgehead atoms. The van der Waals surface area contributed by atoms with E-state index in [1.54, 1.807) is 24.0 Å². The molecule has 2 heterocycles. The van der Waals surface area contributed by atoms with Gasteiger partial charge in [0.15, 0.2) is 0 Å². The minimum absolute atomic E-state index is 0.198. The molecule has 0 unspecified atom stereocenters. The van der Waals surface area contributed by atoms with E-state index in [4.69, 9.17) is 0 Å². The smallest absolute Gasteiger partial charge is 0.302 e. The molecule has 9 heteroatoms. The van der Waals surface area contributed by atoms with Gasteiger partial charge in [0.25, 0.3) is 5.56 Å². The van der Waals surface area contributed by atoms with Crippen LogP contribution in [0.2, 0.25) is 0 Å². The molecule has 0 atom stereocenters. The Kier molecular flexibility index (Phi) is 3.40. The van der Waals surface area contributed by atoms with E-state index in [0.717, 1.165) is 22.7 Å². The molecule has 0 saturated heterocycles. The van der Waals surface area contributed by atoms with Crippen molar-refractivity contribution in [2.24, 2.45) is 0 Å². The standard InChI is InChI=1S/C14H10F3N3O2S/c1-6-11(14(15,16)17)18-13(22)20(12(6)21)8-3-4-10-9(5-8)7(2)19-23-10/h3-5H,1-2H3,(H,18,22). The molecule has 0 spiro atoms. The number of nitrogens with one attached hydrogen (secondary N) is 1. The average molecular weight is 341 g/mol. The van der Waals surface area contributed by atoms with E-state index in [-0.39, 0.29) is 5.69 Å². The van der Waals surface area contributed by atoms with Crippen molar-refractivity contribution in [3.63, 3.8) is 0 Å². The van der Waals surface area contributed by atoms with E-state index < -0.39 is 28.7 Å². The van der Waals surface area contributed by atoms with Gasteiger partial charge in [0, 0.05) is 10.9 Å². The van der Waals surface area contributed by atoms with Crippen molar-refractivity contribution < 1.29 is 13.2 Å². The summed E-state index contributed by atoms with van der Waals surface area (Å²) in [5, 5.41) is 0.747. The Morgan fingerprint density at radius 2 is 1.91 bits per heavy atom. The monoisotopic (exact) mass is 341 g/mol. The number of benzene rings is 1. The van der Waals surface area contributed by atoms with Gasteiger partial charge in [-0.05, 0) is 43.6 Å². The maximum absolute atomic E-state index is 12.8. The first-order valence-electron chi connectivity index (χ1n) is 6.49. The number of nitrogens with zero attached hydrogens (tertiary/aromatic N) is 2. The zero-order valence-electron chi connectivity index (χ0n) is 12.0. The third-order valence-corrected chi connectivity index (χ3v) is 4.43. The first-order valence-corrected chi connectivity index (χ1v) is 7.27. The van der Waals surface area contributed by atoms with E-state index >= 15 is 0 Å². The maximum Gasteiger partial charge on any atom is 0.431 e. The molecule has 3 rings (SSSR count). The summed E-state index contributed by atoms with van der Waals surface area (Å²) in [7, 11) is 0. The van der Waals surface area contributed by atoms with Crippen LogP contribution in [0.15, 0.2) is 27.8 Å². The van der Waals surface area contributed by atoms with Crippen molar-refractivity contribution in [3.05, 3.63) is 56.0 Å². The van der Waals surface area contributed by atoms with Crippen molar-refractivity contribution in [2.75, 3.05) is 0 Å². The summed E-state index contributed by atoms with van der Waals surface area (Å²) >= 11 is 1.26. The first-order chi connectivity index (χ1) is 10.7. The van der Waals surface area contributed by atoms with Gasteiger partial charge in [-0.15, -0.1) is 0 Å². The van der Waals surface area contributed by atoms with Crippen LogP contribution < -0.4 is 11.2 Å². The van der Waals surface area contributed by atoms with E-state index in [0.29, 0.717) is 4.57 Å². The lowest BCUT2D eigenvalue weighted by atomic mass is 10.2. The van der Waals surface area contributed by atoms with E-state index in [9.17, 15) is 22.8 Å². The number of rotatable bonds is 1. The number of halogens is 3. The van der Waals surface area contributed by atoms with Gasteiger partial charge in [-0.1, -0.05) is 0 Å². The second-order valence-electron chi connectivity index (χ2n) is 5.02. The fourth-order valence-corrected chi connectivity index (χ4v) is 3.10. The third-order valence-electron chi connectivity index (χ3n) is 3.51. The van der Waals surface area contributed by atoms with Crippen molar-refractivity contribution in [1.82, 2.24) is 13.9 Å². The quantitative estimate of drug-likeness (QED) is 0.740. The predicted octanol–water partition coefficient (Wildman–Crippen LogP) is 2.77. The van der Waals surface area contributed by atoms with Crippen LogP contribution >= 0.6 is 11.5 Å². The summed E-state index contributed by atoms with van der Waals surface area (Å²) in [5.74, 6) is 0. The molecular formula is C14H10F3N3O2S. The fourth-order valence-electron chi connectivity index (χ4n) is 2.33. The number of fused-ring (bicyclic) bond motifs is 1. The molecule has 0 radical (unpaired) electrons. The SMILES string of the molecule is Cc1c(C(F)(F)F)[nH]c(=O)n(-c2ccc3snc(C)c3c2)c1=O. The molecule has 0 amide bonds. The van der Waals surface area contributed by atoms with Gasteiger partial charge in [-0.2, -0.15) is 17.5 Å². The molecule has 3 aromatic rings. The van der Waals surface area contributed by atoms with Gasteiger partial charge in [0.2, 0.25) is 0 Å². The molecule has 0 aliphatic rings. The van der Waals surface area contributed by atoms with Gasteiger partial charge in [-0.25, -0.2) is 9.36 Å². The van der Waals surface area contributed by atoms with Crippen molar-refractivity contribution in [2.45, 2.75) is 20.0 Å². The number of hydrogen-bond acceptors (Lipinski definition) is 4. The molecule has 0 aliphatic carbocycles. The summed E-state index contributed by atoms with van der Waals surface area (Å²) in [6, 6.07) is 4.75. The highest BCUT2D eigenvalue weighted by Gasteiger charge is 2.35. The highest BCUT2D eigenvalue weighted by Crippen LogP contribution is 2.28. The zero-order valence-corrected chi connectivity index (χ0v) is 12.8. The van der Waals surface area contributed by atoms with Gasteiger partial charge in [0.05, 0.1) is 16.1 Å². The summed E-state index contributed by atoms with van der Waals surface area (Å²) in [4.78, 5) is 26.0. The van der Waals surface area contributed by atoms with Crippen LogP contribution in [-0.4, -0.2) is 13.9 Å². The third kappa shape index (κ3) is 2.46. The van der Waals surface area contributed by atoms with Crippen molar-refractivity contribution in [3.8, 4) is 5.69 Å². The molecular weight excluding hydrogens is 331 g/mol. The Morgan fingerprint density at radius 3 is 2.57 bits per heavy atom. The molecule has 5 nitrogen and oxygen atoms in total.